The molecule has 0 aliphatic heterocycles. The van der Waals surface area contributed by atoms with Crippen LogP contribution in [0.3, 0.4) is 0 Å². The summed E-state index contributed by atoms with van der Waals surface area (Å²) in [5.41, 5.74) is 0.422. The smallest absolute Gasteiger partial charge is 0.316 e. The highest BCUT2D eigenvalue weighted by molar-refractivity contribution is 5.77. The average Bonchev–Trinajstić information content (AvgIpc) is 2.07. The zero-order valence-corrected chi connectivity index (χ0v) is 9.00. The molecule has 0 amide bonds. The van der Waals surface area contributed by atoms with Crippen molar-refractivity contribution in [2.45, 2.75) is 27.7 Å². The Bertz CT molecular complexity index is 322. The Balaban J connectivity index is 2.71. The minimum Gasteiger partial charge on any atom is -0.424 e. The number of pyridine rings is 1. The molecule has 1 rings (SSSR count). The molecule has 0 N–H and O–H groups in total. The molecule has 0 aliphatic rings. The SMILES string of the molecule is Cc1ccc(OC(=O)C(C)(C)C)cn1. The number of rotatable bonds is 1. The van der Waals surface area contributed by atoms with Crippen LogP contribution in [-0.2, 0) is 4.79 Å². The van der Waals surface area contributed by atoms with E-state index >= 15 is 0 Å². The standard InChI is InChI=1S/C11H15NO2/c1-8-5-6-9(7-12-8)14-10(13)11(2,3)4/h5-7H,1-4H3. The van der Waals surface area contributed by atoms with Crippen molar-refractivity contribution in [1.82, 2.24) is 4.98 Å². The van der Waals surface area contributed by atoms with Gasteiger partial charge in [-0.2, -0.15) is 0 Å². The van der Waals surface area contributed by atoms with Crippen LogP contribution < -0.4 is 4.74 Å². The molecule has 1 aromatic heterocycles. The summed E-state index contributed by atoms with van der Waals surface area (Å²) >= 11 is 0. The first-order valence-corrected chi connectivity index (χ1v) is 4.54. The molecule has 0 fully saturated rings. The van der Waals surface area contributed by atoms with Crippen LogP contribution >= 0.6 is 0 Å². The maximum atomic E-state index is 11.5. The van der Waals surface area contributed by atoms with E-state index in [0.29, 0.717) is 5.75 Å². The van der Waals surface area contributed by atoms with Crippen molar-refractivity contribution in [3.8, 4) is 5.75 Å². The predicted molar refractivity (Wildman–Crippen MR) is 54.1 cm³/mol. The molecule has 14 heavy (non-hydrogen) atoms. The molecule has 0 atom stereocenters. The third-order valence-corrected chi connectivity index (χ3v) is 1.71. The van der Waals surface area contributed by atoms with Gasteiger partial charge in [-0.3, -0.25) is 9.78 Å². The van der Waals surface area contributed by atoms with E-state index < -0.39 is 5.41 Å². The van der Waals surface area contributed by atoms with Crippen molar-refractivity contribution in [1.29, 1.82) is 0 Å². The van der Waals surface area contributed by atoms with Crippen molar-refractivity contribution < 1.29 is 9.53 Å². The number of ether oxygens (including phenoxy) is 1. The van der Waals surface area contributed by atoms with E-state index in [1.165, 1.54) is 0 Å². The summed E-state index contributed by atoms with van der Waals surface area (Å²) in [5, 5.41) is 0. The van der Waals surface area contributed by atoms with E-state index in [1.54, 1.807) is 12.3 Å². The quantitative estimate of drug-likeness (QED) is 0.642. The van der Waals surface area contributed by atoms with Crippen LogP contribution in [0.15, 0.2) is 18.3 Å². The molecule has 0 unspecified atom stereocenters. The number of carbonyl (C=O) groups is 1. The van der Waals surface area contributed by atoms with Crippen molar-refractivity contribution in [3.63, 3.8) is 0 Å². The largest absolute Gasteiger partial charge is 0.424 e. The lowest BCUT2D eigenvalue weighted by Gasteiger charge is -2.15. The highest BCUT2D eigenvalue weighted by atomic mass is 16.5. The number of aryl methyl sites for hydroxylation is 1. The molecular weight excluding hydrogens is 178 g/mol. The summed E-state index contributed by atoms with van der Waals surface area (Å²) in [6, 6.07) is 3.55. The van der Waals surface area contributed by atoms with Crippen LogP contribution in [-0.4, -0.2) is 11.0 Å². The van der Waals surface area contributed by atoms with Crippen LogP contribution in [0.25, 0.3) is 0 Å². The Morgan fingerprint density at radius 2 is 2.00 bits per heavy atom. The van der Waals surface area contributed by atoms with Crippen molar-refractivity contribution >= 4 is 5.97 Å². The Kier molecular flexibility index (Phi) is 2.89. The molecule has 1 aromatic rings. The molecule has 0 bridgehead atoms. The first-order valence-electron chi connectivity index (χ1n) is 4.54. The van der Waals surface area contributed by atoms with Gasteiger partial charge in [-0.25, -0.2) is 0 Å². The first-order chi connectivity index (χ1) is 6.39. The van der Waals surface area contributed by atoms with E-state index in [-0.39, 0.29) is 5.97 Å². The normalized spacial score (nSPS) is 11.1. The van der Waals surface area contributed by atoms with Crippen molar-refractivity contribution in [2.24, 2.45) is 5.41 Å². The Hall–Kier alpha value is -1.38. The molecule has 1 heterocycles. The molecule has 0 spiro atoms. The number of carbonyl (C=O) groups excluding carboxylic acids is 1. The number of hydrogen-bond donors (Lipinski definition) is 0. The van der Waals surface area contributed by atoms with E-state index in [4.69, 9.17) is 4.74 Å². The van der Waals surface area contributed by atoms with Crippen LogP contribution in [0.5, 0.6) is 5.75 Å². The molecule has 3 nitrogen and oxygen atoms in total. The first kappa shape index (κ1) is 10.7. The van der Waals surface area contributed by atoms with Crippen LogP contribution in [0, 0.1) is 12.3 Å². The monoisotopic (exact) mass is 193 g/mol. The fraction of sp³-hybridized carbons (Fsp3) is 0.455. The summed E-state index contributed by atoms with van der Waals surface area (Å²) in [5.74, 6) is 0.249. The molecular formula is C11H15NO2. The fourth-order valence-electron chi connectivity index (χ4n) is 0.775. The van der Waals surface area contributed by atoms with Crippen LogP contribution in [0.2, 0.25) is 0 Å². The number of hydrogen-bond acceptors (Lipinski definition) is 3. The van der Waals surface area contributed by atoms with Gasteiger partial charge >= 0.3 is 5.97 Å². The number of nitrogens with zero attached hydrogens (tertiary/aromatic N) is 1. The summed E-state index contributed by atoms with van der Waals surface area (Å²) < 4.78 is 5.13. The summed E-state index contributed by atoms with van der Waals surface area (Å²) in [6.07, 6.45) is 1.55. The molecule has 0 saturated heterocycles. The van der Waals surface area contributed by atoms with Crippen LogP contribution in [0.4, 0.5) is 0 Å². The van der Waals surface area contributed by atoms with E-state index in [0.717, 1.165) is 5.69 Å². The zero-order chi connectivity index (χ0) is 10.8. The number of esters is 1. The van der Waals surface area contributed by atoms with Gasteiger partial charge < -0.3 is 4.74 Å². The number of aromatic nitrogens is 1. The van der Waals surface area contributed by atoms with Gasteiger partial charge in [-0.05, 0) is 39.8 Å². The molecule has 76 valence electrons. The second-order valence-corrected chi connectivity index (χ2v) is 4.27. The Labute approximate surface area is 84.1 Å². The highest BCUT2D eigenvalue weighted by Gasteiger charge is 2.23. The van der Waals surface area contributed by atoms with Gasteiger partial charge in [0.2, 0.25) is 0 Å². The van der Waals surface area contributed by atoms with Gasteiger partial charge in [0.15, 0.2) is 0 Å². The predicted octanol–water partition coefficient (Wildman–Crippen LogP) is 2.34. The van der Waals surface area contributed by atoms with Crippen molar-refractivity contribution in [3.05, 3.63) is 24.0 Å². The van der Waals surface area contributed by atoms with Crippen molar-refractivity contribution in [2.75, 3.05) is 0 Å². The lowest BCUT2D eigenvalue weighted by Crippen LogP contribution is -2.25. The molecule has 0 radical (unpaired) electrons. The maximum Gasteiger partial charge on any atom is 0.316 e. The molecule has 0 aromatic carbocycles. The zero-order valence-electron chi connectivity index (χ0n) is 9.00. The topological polar surface area (TPSA) is 39.2 Å². The van der Waals surface area contributed by atoms with Gasteiger partial charge in [-0.1, -0.05) is 0 Å². The van der Waals surface area contributed by atoms with E-state index in [1.807, 2.05) is 33.8 Å². The Morgan fingerprint density at radius 3 is 2.43 bits per heavy atom. The molecule has 0 aliphatic carbocycles. The highest BCUT2D eigenvalue weighted by Crippen LogP contribution is 2.18. The summed E-state index contributed by atoms with van der Waals surface area (Å²) in [4.78, 5) is 15.5. The summed E-state index contributed by atoms with van der Waals surface area (Å²) in [6.45, 7) is 7.33. The molecule has 0 saturated carbocycles. The van der Waals surface area contributed by atoms with Gasteiger partial charge in [0.05, 0.1) is 11.6 Å². The van der Waals surface area contributed by atoms with E-state index in [9.17, 15) is 4.79 Å². The van der Waals surface area contributed by atoms with Gasteiger partial charge in [0, 0.05) is 5.69 Å². The Morgan fingerprint density at radius 1 is 1.36 bits per heavy atom. The third kappa shape index (κ3) is 2.83. The van der Waals surface area contributed by atoms with E-state index in [2.05, 4.69) is 4.98 Å². The molecule has 3 heteroatoms. The minimum absolute atomic E-state index is 0.247. The van der Waals surface area contributed by atoms with Gasteiger partial charge in [0.25, 0.3) is 0 Å². The lowest BCUT2D eigenvalue weighted by atomic mass is 9.97. The third-order valence-electron chi connectivity index (χ3n) is 1.71. The average molecular weight is 193 g/mol. The summed E-state index contributed by atoms with van der Waals surface area (Å²) in [7, 11) is 0. The second-order valence-electron chi connectivity index (χ2n) is 4.27. The minimum atomic E-state index is -0.481. The maximum absolute atomic E-state index is 11.5. The fourth-order valence-corrected chi connectivity index (χ4v) is 0.775. The van der Waals surface area contributed by atoms with Crippen LogP contribution in [0.1, 0.15) is 26.5 Å². The van der Waals surface area contributed by atoms with Gasteiger partial charge in [0.1, 0.15) is 5.75 Å². The second kappa shape index (κ2) is 3.78. The van der Waals surface area contributed by atoms with Gasteiger partial charge in [-0.15, -0.1) is 0 Å². The lowest BCUT2D eigenvalue weighted by molar-refractivity contribution is -0.143.